The Labute approximate surface area is 216 Å². The molecule has 1 saturated heterocycles. The van der Waals surface area contributed by atoms with Crippen molar-refractivity contribution in [1.29, 1.82) is 0 Å². The van der Waals surface area contributed by atoms with Gasteiger partial charge in [-0.25, -0.2) is 4.79 Å². The van der Waals surface area contributed by atoms with Crippen molar-refractivity contribution in [3.05, 3.63) is 11.1 Å². The maximum absolute atomic E-state index is 12.4. The zero-order valence-electron chi connectivity index (χ0n) is 22.0. The van der Waals surface area contributed by atoms with Crippen molar-refractivity contribution in [3.63, 3.8) is 0 Å². The van der Waals surface area contributed by atoms with Crippen LogP contribution in [0.5, 0.6) is 0 Å². The van der Waals surface area contributed by atoms with E-state index in [2.05, 4.69) is 10.6 Å². The number of carboxylic acid groups (broad SMARTS) is 1. The first-order valence-corrected chi connectivity index (χ1v) is 12.0. The lowest BCUT2D eigenvalue weighted by Gasteiger charge is -2.42. The minimum atomic E-state index is -1.41. The SMILES string of the molecule is CC(=O)NC1C(OCCOCCNC(=O)CC/C(C(=O)O)=C(\C)C(=O)C(C)(C)C)OC(CO)C(O)C1O. The number of aliphatic carboxylic acids is 1. The summed E-state index contributed by atoms with van der Waals surface area (Å²) in [6, 6.07) is -1.05. The second-order valence-corrected chi connectivity index (χ2v) is 9.75. The molecule has 212 valence electrons. The quantitative estimate of drug-likeness (QED) is 0.117. The van der Waals surface area contributed by atoms with Gasteiger partial charge in [0.2, 0.25) is 11.8 Å². The summed E-state index contributed by atoms with van der Waals surface area (Å²) in [5.74, 6) is -2.39. The van der Waals surface area contributed by atoms with Crippen LogP contribution >= 0.6 is 0 Å². The van der Waals surface area contributed by atoms with Gasteiger partial charge in [-0.3, -0.25) is 14.4 Å². The predicted octanol–water partition coefficient (Wildman–Crippen LogP) is -1.12. The van der Waals surface area contributed by atoms with Crippen molar-refractivity contribution in [1.82, 2.24) is 10.6 Å². The Hall–Kier alpha value is -2.42. The molecule has 0 aromatic carbocycles. The van der Waals surface area contributed by atoms with Gasteiger partial charge in [0.15, 0.2) is 12.1 Å². The van der Waals surface area contributed by atoms with E-state index >= 15 is 0 Å². The summed E-state index contributed by atoms with van der Waals surface area (Å²) in [6.07, 6.45) is -5.24. The largest absolute Gasteiger partial charge is 0.478 e. The van der Waals surface area contributed by atoms with Crippen LogP contribution in [0.1, 0.15) is 47.5 Å². The molecule has 0 aromatic heterocycles. The van der Waals surface area contributed by atoms with Crippen molar-refractivity contribution in [2.75, 3.05) is 33.0 Å². The normalized spacial score (nSPS) is 24.7. The molecule has 6 N–H and O–H groups in total. The molecule has 1 aliphatic heterocycles. The van der Waals surface area contributed by atoms with E-state index in [-0.39, 0.29) is 56.1 Å². The number of carbonyl (C=O) groups excluding carboxylic acids is 3. The summed E-state index contributed by atoms with van der Waals surface area (Å²) in [7, 11) is 0. The van der Waals surface area contributed by atoms with Crippen molar-refractivity contribution >= 4 is 23.6 Å². The summed E-state index contributed by atoms with van der Waals surface area (Å²) < 4.78 is 16.3. The molecule has 37 heavy (non-hydrogen) atoms. The van der Waals surface area contributed by atoms with Gasteiger partial charge in [0, 0.05) is 36.5 Å². The third-order valence-electron chi connectivity index (χ3n) is 5.66. The third-order valence-corrected chi connectivity index (χ3v) is 5.66. The van der Waals surface area contributed by atoms with Gasteiger partial charge in [-0.2, -0.15) is 0 Å². The number of aliphatic hydroxyl groups is 3. The first-order valence-electron chi connectivity index (χ1n) is 12.0. The Morgan fingerprint density at radius 1 is 0.973 bits per heavy atom. The lowest BCUT2D eigenvalue weighted by atomic mass is 9.84. The molecule has 2 amide bonds. The topological polar surface area (TPSA) is 201 Å². The van der Waals surface area contributed by atoms with E-state index in [0.29, 0.717) is 0 Å². The average molecular weight is 533 g/mol. The molecule has 13 heteroatoms. The van der Waals surface area contributed by atoms with Gasteiger partial charge in [-0.1, -0.05) is 20.8 Å². The highest BCUT2D eigenvalue weighted by Gasteiger charge is 2.45. The van der Waals surface area contributed by atoms with Gasteiger partial charge in [-0.05, 0) is 13.3 Å². The maximum Gasteiger partial charge on any atom is 0.331 e. The minimum Gasteiger partial charge on any atom is -0.478 e. The zero-order valence-corrected chi connectivity index (χ0v) is 22.0. The van der Waals surface area contributed by atoms with Crippen LogP contribution in [0.15, 0.2) is 11.1 Å². The molecule has 0 bridgehead atoms. The monoisotopic (exact) mass is 532 g/mol. The molecule has 13 nitrogen and oxygen atoms in total. The molecule has 0 aromatic rings. The second kappa shape index (κ2) is 15.1. The van der Waals surface area contributed by atoms with Gasteiger partial charge >= 0.3 is 5.97 Å². The number of Topliss-reactive ketones (excluding diaryl/α,β-unsaturated/α-hetero) is 1. The van der Waals surface area contributed by atoms with Crippen LogP contribution in [-0.4, -0.2) is 108 Å². The Balaban J connectivity index is 2.41. The summed E-state index contributed by atoms with van der Waals surface area (Å²) in [5.41, 5.74) is -0.692. The van der Waals surface area contributed by atoms with E-state index in [4.69, 9.17) is 14.2 Å². The van der Waals surface area contributed by atoms with E-state index < -0.39 is 60.4 Å². The lowest BCUT2D eigenvalue weighted by molar-refractivity contribution is -0.272. The number of amides is 2. The lowest BCUT2D eigenvalue weighted by Crippen LogP contribution is -2.64. The van der Waals surface area contributed by atoms with Crippen molar-refractivity contribution < 1.29 is 53.8 Å². The molecule has 1 heterocycles. The van der Waals surface area contributed by atoms with E-state index in [9.17, 15) is 39.6 Å². The standard InChI is InChI=1S/C24H40N2O11/c1-13(21(32)24(3,4)5)15(22(33)34)6-7-17(29)25-8-9-35-10-11-36-23-18(26-14(2)28)20(31)19(30)16(12-27)37-23/h16,18-20,23,27,30-31H,6-12H2,1-5H3,(H,25,29)(H,26,28)(H,33,34)/b15-13-. The fourth-order valence-electron chi connectivity index (χ4n) is 3.68. The molecule has 1 rings (SSSR count). The molecule has 5 unspecified atom stereocenters. The first kappa shape index (κ1) is 32.6. The molecular formula is C24H40N2O11. The number of hydrogen-bond donors (Lipinski definition) is 6. The van der Waals surface area contributed by atoms with Crippen molar-refractivity contribution in [2.24, 2.45) is 5.41 Å². The molecular weight excluding hydrogens is 492 g/mol. The number of allylic oxidation sites excluding steroid dienone is 1. The molecule has 0 radical (unpaired) electrons. The Morgan fingerprint density at radius 3 is 2.16 bits per heavy atom. The predicted molar refractivity (Wildman–Crippen MR) is 129 cm³/mol. The summed E-state index contributed by atoms with van der Waals surface area (Å²) in [5, 5.41) is 44.0. The highest BCUT2D eigenvalue weighted by Crippen LogP contribution is 2.24. The van der Waals surface area contributed by atoms with Crippen LogP contribution in [-0.2, 0) is 33.4 Å². The van der Waals surface area contributed by atoms with Gasteiger partial charge in [0.1, 0.15) is 24.4 Å². The molecule has 0 saturated carbocycles. The number of aliphatic hydroxyl groups excluding tert-OH is 3. The van der Waals surface area contributed by atoms with E-state index in [0.717, 1.165) is 0 Å². The van der Waals surface area contributed by atoms with Crippen LogP contribution in [0.2, 0.25) is 0 Å². The Bertz CT molecular complexity index is 837. The van der Waals surface area contributed by atoms with Crippen LogP contribution in [0, 0.1) is 5.41 Å². The number of carboxylic acids is 1. The fraction of sp³-hybridized carbons (Fsp3) is 0.750. The van der Waals surface area contributed by atoms with Gasteiger partial charge in [-0.15, -0.1) is 0 Å². The molecule has 0 aliphatic carbocycles. The van der Waals surface area contributed by atoms with Crippen molar-refractivity contribution in [3.8, 4) is 0 Å². The number of carbonyl (C=O) groups is 4. The van der Waals surface area contributed by atoms with Crippen molar-refractivity contribution in [2.45, 2.75) is 78.1 Å². The van der Waals surface area contributed by atoms with Gasteiger partial charge in [0.25, 0.3) is 0 Å². The molecule has 5 atom stereocenters. The number of hydrogen-bond acceptors (Lipinski definition) is 10. The second-order valence-electron chi connectivity index (χ2n) is 9.75. The third kappa shape index (κ3) is 10.5. The van der Waals surface area contributed by atoms with Crippen LogP contribution in [0.25, 0.3) is 0 Å². The molecule has 1 fully saturated rings. The van der Waals surface area contributed by atoms with Crippen LogP contribution in [0.4, 0.5) is 0 Å². The number of nitrogens with one attached hydrogen (secondary N) is 2. The summed E-state index contributed by atoms with van der Waals surface area (Å²) in [6.45, 7) is 7.55. The van der Waals surface area contributed by atoms with Crippen LogP contribution in [0.3, 0.4) is 0 Å². The zero-order chi connectivity index (χ0) is 28.3. The summed E-state index contributed by atoms with van der Waals surface area (Å²) >= 11 is 0. The molecule has 0 spiro atoms. The van der Waals surface area contributed by atoms with E-state index in [1.54, 1.807) is 20.8 Å². The maximum atomic E-state index is 12.4. The van der Waals surface area contributed by atoms with E-state index in [1.807, 2.05) is 0 Å². The Morgan fingerprint density at radius 2 is 1.62 bits per heavy atom. The Kier molecular flexibility index (Phi) is 13.3. The number of ketones is 1. The summed E-state index contributed by atoms with van der Waals surface area (Å²) in [4.78, 5) is 47.4. The van der Waals surface area contributed by atoms with E-state index in [1.165, 1.54) is 13.8 Å². The average Bonchev–Trinajstić information content (AvgIpc) is 2.80. The molecule has 1 aliphatic rings. The smallest absolute Gasteiger partial charge is 0.331 e. The first-order chi connectivity index (χ1) is 17.2. The highest BCUT2D eigenvalue weighted by molar-refractivity contribution is 6.05. The fourth-order valence-corrected chi connectivity index (χ4v) is 3.68. The van der Waals surface area contributed by atoms with Gasteiger partial charge in [0.05, 0.1) is 26.4 Å². The highest BCUT2D eigenvalue weighted by atomic mass is 16.7. The number of ether oxygens (including phenoxy) is 3. The van der Waals surface area contributed by atoms with Gasteiger partial charge < -0.3 is 45.3 Å². The number of rotatable bonds is 14. The minimum absolute atomic E-state index is 0.0104. The van der Waals surface area contributed by atoms with Crippen LogP contribution < -0.4 is 10.6 Å².